The van der Waals surface area contributed by atoms with E-state index in [1.165, 1.54) is 18.0 Å². The predicted molar refractivity (Wildman–Crippen MR) is 120 cm³/mol. The minimum absolute atomic E-state index is 0.123. The summed E-state index contributed by atoms with van der Waals surface area (Å²) in [7, 11) is 0. The van der Waals surface area contributed by atoms with Crippen LogP contribution in [0.5, 0.6) is 0 Å². The average molecular weight is 426 g/mol. The Hall–Kier alpha value is -2.04. The monoisotopic (exact) mass is 425 g/mol. The maximum Gasteiger partial charge on any atom is 0.326 e. The first-order valence-corrected chi connectivity index (χ1v) is 10.2. The van der Waals surface area contributed by atoms with Gasteiger partial charge in [0.15, 0.2) is 9.43 Å². The minimum Gasteiger partial charge on any atom is -0.480 e. The molecule has 1 aromatic rings. The molecule has 0 aromatic heterocycles. The Morgan fingerprint density at radius 1 is 1.26 bits per heavy atom. The quantitative estimate of drug-likeness (QED) is 0.287. The third-order valence-electron chi connectivity index (χ3n) is 3.19. The van der Waals surface area contributed by atoms with E-state index in [1.807, 2.05) is 50.4 Å². The molecule has 27 heavy (non-hydrogen) atoms. The molecule has 0 saturated carbocycles. The Kier molecular flexibility index (Phi) is 10.5. The van der Waals surface area contributed by atoms with Crippen molar-refractivity contribution in [2.75, 3.05) is 6.26 Å². The highest BCUT2D eigenvalue weighted by atomic mass is 32.2. The molecule has 7 nitrogen and oxygen atoms in total. The van der Waals surface area contributed by atoms with E-state index in [4.69, 9.17) is 24.4 Å². The normalized spacial score (nSPS) is 12.7. The van der Waals surface area contributed by atoms with Crippen molar-refractivity contribution >= 4 is 63.5 Å². The van der Waals surface area contributed by atoms with Crippen LogP contribution >= 0.6 is 36.2 Å². The molecule has 1 rings (SSSR count). The van der Waals surface area contributed by atoms with Crippen molar-refractivity contribution in [3.05, 3.63) is 35.9 Å². The number of benzene rings is 1. The molecule has 1 unspecified atom stereocenters. The largest absolute Gasteiger partial charge is 0.480 e. The highest BCUT2D eigenvalue weighted by molar-refractivity contribution is 8.22. The van der Waals surface area contributed by atoms with Crippen LogP contribution < -0.4 is 16.2 Å². The van der Waals surface area contributed by atoms with Crippen LogP contribution in [-0.2, 0) is 4.79 Å². The molecule has 146 valence electrons. The SMILES string of the molecule is CSC(=S)N/N=C/C(=N/NC(=S)NC(CC(C)C)C(=O)O)c1ccccc1. The highest BCUT2D eigenvalue weighted by Crippen LogP contribution is 2.05. The number of hydrogen-bond donors (Lipinski definition) is 4. The number of carboxylic acid groups (broad SMARTS) is 1. The van der Waals surface area contributed by atoms with Crippen molar-refractivity contribution in [1.29, 1.82) is 0 Å². The third kappa shape index (κ3) is 9.45. The molecule has 0 saturated heterocycles. The van der Waals surface area contributed by atoms with Gasteiger partial charge in [-0.3, -0.25) is 10.9 Å². The van der Waals surface area contributed by atoms with E-state index >= 15 is 0 Å². The van der Waals surface area contributed by atoms with Gasteiger partial charge in [0.25, 0.3) is 0 Å². The summed E-state index contributed by atoms with van der Waals surface area (Å²) in [6.45, 7) is 3.89. The summed E-state index contributed by atoms with van der Waals surface area (Å²) in [6, 6.07) is 8.59. The Morgan fingerprint density at radius 2 is 1.93 bits per heavy atom. The summed E-state index contributed by atoms with van der Waals surface area (Å²) in [4.78, 5) is 11.3. The van der Waals surface area contributed by atoms with Gasteiger partial charge in [-0.05, 0) is 30.8 Å². The number of hydrazone groups is 2. The fraction of sp³-hybridized carbons (Fsp3) is 0.353. The summed E-state index contributed by atoms with van der Waals surface area (Å²) in [5, 5.41) is 20.5. The van der Waals surface area contributed by atoms with Gasteiger partial charge >= 0.3 is 5.97 Å². The van der Waals surface area contributed by atoms with Crippen molar-refractivity contribution in [3.8, 4) is 0 Å². The summed E-state index contributed by atoms with van der Waals surface area (Å²) in [6.07, 6.45) is 3.80. The van der Waals surface area contributed by atoms with E-state index in [0.717, 1.165) is 5.56 Å². The van der Waals surface area contributed by atoms with Crippen molar-refractivity contribution in [3.63, 3.8) is 0 Å². The van der Waals surface area contributed by atoms with Gasteiger partial charge in [-0.1, -0.05) is 68.2 Å². The Balaban J connectivity index is 2.85. The summed E-state index contributed by atoms with van der Waals surface area (Å²) >= 11 is 11.6. The second-order valence-electron chi connectivity index (χ2n) is 5.83. The van der Waals surface area contributed by atoms with Gasteiger partial charge in [0.1, 0.15) is 11.8 Å². The third-order valence-corrected chi connectivity index (χ3v) is 4.45. The first-order chi connectivity index (χ1) is 12.8. The van der Waals surface area contributed by atoms with Crippen molar-refractivity contribution < 1.29 is 9.90 Å². The average Bonchev–Trinajstić information content (AvgIpc) is 2.63. The van der Waals surface area contributed by atoms with E-state index in [-0.39, 0.29) is 11.0 Å². The Labute approximate surface area is 174 Å². The molecule has 10 heteroatoms. The maximum absolute atomic E-state index is 11.3. The predicted octanol–water partition coefficient (Wildman–Crippen LogP) is 2.58. The first kappa shape index (κ1) is 23.0. The van der Waals surface area contributed by atoms with Crippen molar-refractivity contribution in [2.24, 2.45) is 16.1 Å². The Morgan fingerprint density at radius 3 is 2.48 bits per heavy atom. The molecule has 1 atom stereocenters. The number of carbonyl (C=O) groups is 1. The fourth-order valence-corrected chi connectivity index (χ4v) is 2.35. The van der Waals surface area contributed by atoms with E-state index in [1.54, 1.807) is 0 Å². The zero-order chi connectivity index (χ0) is 20.2. The van der Waals surface area contributed by atoms with Gasteiger partial charge in [-0.15, -0.1) is 0 Å². The van der Waals surface area contributed by atoms with Crippen LogP contribution in [-0.4, -0.2) is 44.7 Å². The zero-order valence-electron chi connectivity index (χ0n) is 15.3. The van der Waals surface area contributed by atoms with Crippen LogP contribution in [0, 0.1) is 5.92 Å². The number of hydrogen-bond acceptors (Lipinski definition) is 6. The number of carboxylic acids is 1. The van der Waals surface area contributed by atoms with Crippen LogP contribution in [0.2, 0.25) is 0 Å². The first-order valence-electron chi connectivity index (χ1n) is 8.13. The molecule has 1 aromatic carbocycles. The number of nitrogens with zero attached hydrogens (tertiary/aromatic N) is 2. The highest BCUT2D eigenvalue weighted by Gasteiger charge is 2.19. The molecular formula is C17H23N5O2S3. The van der Waals surface area contributed by atoms with E-state index in [9.17, 15) is 9.90 Å². The molecule has 0 spiro atoms. The van der Waals surface area contributed by atoms with Gasteiger partial charge in [0.05, 0.1) is 6.21 Å². The number of thioether (sulfide) groups is 1. The molecule has 0 fully saturated rings. The van der Waals surface area contributed by atoms with Crippen molar-refractivity contribution in [1.82, 2.24) is 16.2 Å². The minimum atomic E-state index is -0.962. The van der Waals surface area contributed by atoms with Crippen LogP contribution in [0.15, 0.2) is 40.5 Å². The van der Waals surface area contributed by atoms with Crippen LogP contribution in [0.25, 0.3) is 0 Å². The molecule has 0 bridgehead atoms. The topological polar surface area (TPSA) is 98.1 Å². The van der Waals surface area contributed by atoms with Gasteiger partial charge in [0, 0.05) is 5.56 Å². The molecular weight excluding hydrogens is 402 g/mol. The molecule has 0 aliphatic rings. The zero-order valence-corrected chi connectivity index (χ0v) is 17.8. The van der Waals surface area contributed by atoms with Gasteiger partial charge in [-0.2, -0.15) is 10.2 Å². The van der Waals surface area contributed by atoms with Gasteiger partial charge < -0.3 is 10.4 Å². The molecule has 4 N–H and O–H groups in total. The van der Waals surface area contributed by atoms with Crippen molar-refractivity contribution in [2.45, 2.75) is 26.3 Å². The number of rotatable bonds is 8. The van der Waals surface area contributed by atoms with Crippen LogP contribution in [0.1, 0.15) is 25.8 Å². The second-order valence-corrected chi connectivity index (χ2v) is 7.72. The number of nitrogens with one attached hydrogen (secondary N) is 3. The van der Waals surface area contributed by atoms with E-state index in [0.29, 0.717) is 16.5 Å². The second kappa shape index (κ2) is 12.4. The lowest BCUT2D eigenvalue weighted by molar-refractivity contribution is -0.139. The number of thiocarbonyl (C=S) groups is 2. The number of aliphatic carboxylic acids is 1. The summed E-state index contributed by atoms with van der Waals surface area (Å²) in [5.41, 5.74) is 6.71. The summed E-state index contributed by atoms with van der Waals surface area (Å²) < 4.78 is 0.529. The lowest BCUT2D eigenvalue weighted by atomic mass is 10.0. The standard InChI is InChI=1S/C17H23N5O2S3/c1-11(2)9-13(15(23)24)19-16(25)21-20-14(10-18-22-17(26)27-3)12-7-5-4-6-8-12/h4-8,10-11,13H,9H2,1-3H3,(H,22,26)(H,23,24)(H2,19,21,25)/b18-10+,20-14-. The molecule has 0 aliphatic heterocycles. The van der Waals surface area contributed by atoms with E-state index < -0.39 is 12.0 Å². The molecule has 0 radical (unpaired) electrons. The molecule has 0 heterocycles. The summed E-state index contributed by atoms with van der Waals surface area (Å²) in [5.74, 6) is -0.750. The lowest BCUT2D eigenvalue weighted by Gasteiger charge is -2.17. The van der Waals surface area contributed by atoms with E-state index in [2.05, 4.69) is 26.4 Å². The van der Waals surface area contributed by atoms with Crippen LogP contribution in [0.3, 0.4) is 0 Å². The van der Waals surface area contributed by atoms with Gasteiger partial charge in [0.2, 0.25) is 0 Å². The smallest absolute Gasteiger partial charge is 0.326 e. The van der Waals surface area contributed by atoms with Gasteiger partial charge in [-0.25, -0.2) is 4.79 Å². The molecule has 0 amide bonds. The lowest BCUT2D eigenvalue weighted by Crippen LogP contribution is -2.45. The van der Waals surface area contributed by atoms with Crippen LogP contribution in [0.4, 0.5) is 0 Å². The molecule has 0 aliphatic carbocycles. The fourth-order valence-electron chi connectivity index (χ4n) is 1.96. The Bertz CT molecular complexity index is 708. The maximum atomic E-state index is 11.3.